The van der Waals surface area contributed by atoms with E-state index in [9.17, 15) is 13.2 Å². The topological polar surface area (TPSA) is 84.5 Å². The second-order valence-corrected chi connectivity index (χ2v) is 9.08. The molecule has 162 valence electrons. The first kappa shape index (κ1) is 22.7. The van der Waals surface area contributed by atoms with Crippen molar-refractivity contribution in [1.82, 2.24) is 5.32 Å². The number of halogens is 1. The molecule has 0 fully saturated rings. The van der Waals surface area contributed by atoms with Gasteiger partial charge in [-0.25, -0.2) is 8.42 Å². The molecule has 0 aliphatic carbocycles. The maximum atomic E-state index is 12.6. The van der Waals surface area contributed by atoms with Gasteiger partial charge in [-0.05, 0) is 61.4 Å². The van der Waals surface area contributed by atoms with Crippen LogP contribution in [-0.4, -0.2) is 27.5 Å². The average molecular weight is 459 g/mol. The fraction of sp³-hybridized carbons (Fsp3) is 0.174. The van der Waals surface area contributed by atoms with Crippen LogP contribution >= 0.6 is 11.6 Å². The van der Waals surface area contributed by atoms with Crippen LogP contribution < -0.4 is 14.8 Å². The average Bonchev–Trinajstić information content (AvgIpc) is 2.75. The molecule has 3 rings (SSSR count). The van der Waals surface area contributed by atoms with Crippen LogP contribution in [0, 0.1) is 13.8 Å². The van der Waals surface area contributed by atoms with Crippen molar-refractivity contribution in [2.24, 2.45) is 0 Å². The number of nitrogens with one attached hydrogen (secondary N) is 2. The summed E-state index contributed by atoms with van der Waals surface area (Å²) in [5.74, 6) is 0.347. The zero-order chi connectivity index (χ0) is 22.4. The number of carbonyl (C=O) groups is 1. The Labute approximate surface area is 187 Å². The van der Waals surface area contributed by atoms with Crippen LogP contribution in [0.5, 0.6) is 5.75 Å². The molecule has 0 spiro atoms. The van der Waals surface area contributed by atoms with Crippen molar-refractivity contribution in [3.05, 3.63) is 88.4 Å². The fourth-order valence-electron chi connectivity index (χ4n) is 2.86. The summed E-state index contributed by atoms with van der Waals surface area (Å²) in [7, 11) is -3.77. The minimum atomic E-state index is -3.77. The third kappa shape index (κ3) is 5.99. The SMILES string of the molecule is Cc1ccc(C)c(OCCNC(=O)c2cc(NS(=O)(=O)c3ccccc3)ccc2Cl)c1. The molecule has 0 saturated carbocycles. The monoisotopic (exact) mass is 458 g/mol. The van der Waals surface area contributed by atoms with Crippen LogP contribution in [0.1, 0.15) is 21.5 Å². The lowest BCUT2D eigenvalue weighted by Gasteiger charge is -2.12. The minimum absolute atomic E-state index is 0.125. The number of sulfonamides is 1. The molecule has 0 radical (unpaired) electrons. The van der Waals surface area contributed by atoms with Crippen molar-refractivity contribution in [3.63, 3.8) is 0 Å². The molecule has 0 heterocycles. The number of hydrogen-bond acceptors (Lipinski definition) is 4. The first-order chi connectivity index (χ1) is 14.8. The Balaban J connectivity index is 1.63. The van der Waals surface area contributed by atoms with Crippen LogP contribution in [0.3, 0.4) is 0 Å². The molecule has 0 saturated heterocycles. The lowest BCUT2D eigenvalue weighted by atomic mass is 10.1. The van der Waals surface area contributed by atoms with Crippen molar-refractivity contribution >= 4 is 33.2 Å². The molecule has 2 N–H and O–H groups in total. The Hall–Kier alpha value is -3.03. The number of benzene rings is 3. The van der Waals surface area contributed by atoms with Gasteiger partial charge in [0.05, 0.1) is 22.0 Å². The summed E-state index contributed by atoms with van der Waals surface area (Å²) < 4.78 is 33.2. The van der Waals surface area contributed by atoms with E-state index in [1.165, 1.54) is 30.3 Å². The van der Waals surface area contributed by atoms with Gasteiger partial charge in [-0.3, -0.25) is 9.52 Å². The van der Waals surface area contributed by atoms with E-state index >= 15 is 0 Å². The van der Waals surface area contributed by atoms with E-state index in [0.717, 1.165) is 16.9 Å². The largest absolute Gasteiger partial charge is 0.491 e. The zero-order valence-corrected chi connectivity index (χ0v) is 18.8. The van der Waals surface area contributed by atoms with Crippen LogP contribution in [-0.2, 0) is 10.0 Å². The Bertz CT molecular complexity index is 1180. The molecule has 3 aromatic carbocycles. The fourth-order valence-corrected chi connectivity index (χ4v) is 4.13. The van der Waals surface area contributed by atoms with Crippen LogP contribution in [0.15, 0.2) is 71.6 Å². The standard InChI is InChI=1S/C23H23ClN2O4S/c1-16-8-9-17(2)22(14-16)30-13-12-25-23(27)20-15-18(10-11-21(20)24)26-31(28,29)19-6-4-3-5-7-19/h3-11,14-15,26H,12-13H2,1-2H3,(H,25,27). The van der Waals surface area contributed by atoms with Crippen LogP contribution in [0.2, 0.25) is 5.02 Å². The number of amides is 1. The van der Waals surface area contributed by atoms with E-state index in [1.54, 1.807) is 18.2 Å². The van der Waals surface area contributed by atoms with Gasteiger partial charge in [-0.15, -0.1) is 0 Å². The van der Waals surface area contributed by atoms with Crippen molar-refractivity contribution in [3.8, 4) is 5.75 Å². The number of hydrogen-bond donors (Lipinski definition) is 2. The summed E-state index contributed by atoms with van der Waals surface area (Å²) in [5.41, 5.74) is 2.51. The van der Waals surface area contributed by atoms with Crippen LogP contribution in [0.4, 0.5) is 5.69 Å². The van der Waals surface area contributed by atoms with Gasteiger partial charge >= 0.3 is 0 Å². The third-order valence-electron chi connectivity index (χ3n) is 4.51. The Kier molecular flexibility index (Phi) is 7.20. The smallest absolute Gasteiger partial charge is 0.261 e. The van der Waals surface area contributed by atoms with Crippen molar-refractivity contribution < 1.29 is 17.9 Å². The molecule has 6 nitrogen and oxygen atoms in total. The van der Waals surface area contributed by atoms with Gasteiger partial charge in [-0.2, -0.15) is 0 Å². The highest BCUT2D eigenvalue weighted by Crippen LogP contribution is 2.23. The molecule has 0 unspecified atom stereocenters. The van der Waals surface area contributed by atoms with Gasteiger partial charge in [0, 0.05) is 5.69 Å². The van der Waals surface area contributed by atoms with Crippen molar-refractivity contribution in [2.75, 3.05) is 17.9 Å². The highest BCUT2D eigenvalue weighted by atomic mass is 35.5. The first-order valence-electron chi connectivity index (χ1n) is 9.62. The Morgan fingerprint density at radius 3 is 2.48 bits per heavy atom. The molecule has 0 aromatic heterocycles. The number of anilines is 1. The molecule has 0 atom stereocenters. The molecular formula is C23H23ClN2O4S. The second kappa shape index (κ2) is 9.85. The second-order valence-electron chi connectivity index (χ2n) is 6.99. The summed E-state index contributed by atoms with van der Waals surface area (Å²) in [6, 6.07) is 18.3. The number of carbonyl (C=O) groups excluding carboxylic acids is 1. The molecule has 8 heteroatoms. The normalized spacial score (nSPS) is 11.1. The van der Waals surface area contributed by atoms with E-state index in [1.807, 2.05) is 32.0 Å². The van der Waals surface area contributed by atoms with E-state index in [2.05, 4.69) is 10.0 Å². The van der Waals surface area contributed by atoms with Gasteiger partial charge in [0.25, 0.3) is 15.9 Å². The summed E-state index contributed by atoms with van der Waals surface area (Å²) in [5, 5.41) is 2.96. The lowest BCUT2D eigenvalue weighted by molar-refractivity contribution is 0.0947. The molecule has 3 aromatic rings. The lowest BCUT2D eigenvalue weighted by Crippen LogP contribution is -2.28. The van der Waals surface area contributed by atoms with E-state index in [-0.39, 0.29) is 34.3 Å². The molecule has 0 aliphatic heterocycles. The van der Waals surface area contributed by atoms with Gasteiger partial charge in [0.2, 0.25) is 0 Å². The number of aryl methyl sites for hydroxylation is 2. The maximum absolute atomic E-state index is 12.6. The Morgan fingerprint density at radius 1 is 1.00 bits per heavy atom. The van der Waals surface area contributed by atoms with E-state index in [4.69, 9.17) is 16.3 Å². The number of rotatable bonds is 8. The Morgan fingerprint density at radius 2 is 1.74 bits per heavy atom. The summed E-state index contributed by atoms with van der Waals surface area (Å²) >= 11 is 6.16. The molecule has 1 amide bonds. The van der Waals surface area contributed by atoms with Crippen molar-refractivity contribution in [1.29, 1.82) is 0 Å². The first-order valence-corrected chi connectivity index (χ1v) is 11.5. The zero-order valence-electron chi connectivity index (χ0n) is 17.2. The van der Waals surface area contributed by atoms with E-state index in [0.29, 0.717) is 0 Å². The van der Waals surface area contributed by atoms with E-state index < -0.39 is 15.9 Å². The summed E-state index contributed by atoms with van der Waals surface area (Å²) in [6.45, 7) is 4.49. The minimum Gasteiger partial charge on any atom is -0.491 e. The van der Waals surface area contributed by atoms with Gasteiger partial charge in [-0.1, -0.05) is 41.9 Å². The molecule has 0 bridgehead atoms. The third-order valence-corrected chi connectivity index (χ3v) is 6.23. The maximum Gasteiger partial charge on any atom is 0.261 e. The predicted octanol–water partition coefficient (Wildman–Crippen LogP) is 4.57. The highest BCUT2D eigenvalue weighted by molar-refractivity contribution is 7.92. The van der Waals surface area contributed by atoms with Crippen molar-refractivity contribution in [2.45, 2.75) is 18.7 Å². The van der Waals surface area contributed by atoms with Gasteiger partial charge < -0.3 is 10.1 Å². The van der Waals surface area contributed by atoms with Gasteiger partial charge in [0.1, 0.15) is 12.4 Å². The molecule has 31 heavy (non-hydrogen) atoms. The van der Waals surface area contributed by atoms with Crippen LogP contribution in [0.25, 0.3) is 0 Å². The predicted molar refractivity (Wildman–Crippen MR) is 122 cm³/mol. The summed E-state index contributed by atoms with van der Waals surface area (Å²) in [6.07, 6.45) is 0. The summed E-state index contributed by atoms with van der Waals surface area (Å²) in [4.78, 5) is 12.7. The van der Waals surface area contributed by atoms with Gasteiger partial charge in [0.15, 0.2) is 0 Å². The molecule has 0 aliphatic rings. The number of ether oxygens (including phenoxy) is 1. The molecular weight excluding hydrogens is 436 g/mol. The highest BCUT2D eigenvalue weighted by Gasteiger charge is 2.16. The quantitative estimate of drug-likeness (QED) is 0.484.